The van der Waals surface area contributed by atoms with Gasteiger partial charge in [-0.15, -0.1) is 0 Å². The maximum absolute atomic E-state index is 12.8. The summed E-state index contributed by atoms with van der Waals surface area (Å²) in [4.78, 5) is 14.0. The molecule has 100 valence electrons. The van der Waals surface area contributed by atoms with E-state index in [9.17, 15) is 9.18 Å². The highest BCUT2D eigenvalue weighted by molar-refractivity contribution is 5.97. The van der Waals surface area contributed by atoms with Crippen LogP contribution in [0.3, 0.4) is 0 Å². The molecule has 3 nitrogen and oxygen atoms in total. The van der Waals surface area contributed by atoms with Crippen LogP contribution in [0.15, 0.2) is 24.3 Å². The molecule has 1 aromatic carbocycles. The van der Waals surface area contributed by atoms with Crippen LogP contribution in [-0.4, -0.2) is 41.5 Å². The van der Waals surface area contributed by atoms with E-state index >= 15 is 0 Å². The predicted molar refractivity (Wildman–Crippen MR) is 69.1 cm³/mol. The molecule has 0 heterocycles. The molecule has 0 aliphatic rings. The van der Waals surface area contributed by atoms with Crippen LogP contribution in [0.1, 0.15) is 30.6 Å². The van der Waals surface area contributed by atoms with Gasteiger partial charge in [-0.1, -0.05) is 0 Å². The quantitative estimate of drug-likeness (QED) is 0.757. The highest BCUT2D eigenvalue weighted by Gasteiger charge is 2.14. The number of carbonyl (C=O) groups excluding carboxylic acids is 1. The zero-order valence-corrected chi connectivity index (χ0v) is 10.9. The van der Waals surface area contributed by atoms with E-state index in [2.05, 4.69) is 0 Å². The van der Waals surface area contributed by atoms with E-state index < -0.39 is 0 Å². The molecule has 0 radical (unpaired) electrons. The monoisotopic (exact) mass is 253 g/mol. The van der Waals surface area contributed by atoms with Crippen molar-refractivity contribution in [3.8, 4) is 0 Å². The van der Waals surface area contributed by atoms with Crippen molar-refractivity contribution in [1.29, 1.82) is 0 Å². The average molecular weight is 253 g/mol. The number of hydrogen-bond acceptors (Lipinski definition) is 3. The molecule has 0 amide bonds. The second kappa shape index (κ2) is 7.24. The zero-order valence-electron chi connectivity index (χ0n) is 10.9. The minimum atomic E-state index is -0.340. The summed E-state index contributed by atoms with van der Waals surface area (Å²) in [5.74, 6) is -0.366. The molecule has 4 heteroatoms. The van der Waals surface area contributed by atoms with Crippen LogP contribution in [0.2, 0.25) is 0 Å². The van der Waals surface area contributed by atoms with Crippen LogP contribution in [0.5, 0.6) is 0 Å². The molecule has 0 unspecified atom stereocenters. The van der Waals surface area contributed by atoms with Crippen molar-refractivity contribution in [3.05, 3.63) is 35.6 Å². The van der Waals surface area contributed by atoms with Gasteiger partial charge in [-0.05, 0) is 44.5 Å². The Labute approximate surface area is 107 Å². The second-order valence-corrected chi connectivity index (χ2v) is 4.57. The predicted octanol–water partition coefficient (Wildman–Crippen LogP) is 2.10. The van der Waals surface area contributed by atoms with Gasteiger partial charge in [0.05, 0.1) is 6.54 Å². The number of nitrogens with zero attached hydrogens (tertiary/aromatic N) is 1. The van der Waals surface area contributed by atoms with E-state index in [1.807, 2.05) is 18.7 Å². The second-order valence-electron chi connectivity index (χ2n) is 4.57. The maximum atomic E-state index is 12.8. The summed E-state index contributed by atoms with van der Waals surface area (Å²) in [5, 5.41) is 8.83. The summed E-state index contributed by atoms with van der Waals surface area (Å²) in [6.45, 7) is 5.11. The van der Waals surface area contributed by atoms with Crippen molar-refractivity contribution in [2.45, 2.75) is 26.3 Å². The van der Waals surface area contributed by atoms with Crippen LogP contribution < -0.4 is 0 Å². The van der Waals surface area contributed by atoms with Gasteiger partial charge in [-0.2, -0.15) is 0 Å². The highest BCUT2D eigenvalue weighted by atomic mass is 19.1. The van der Waals surface area contributed by atoms with E-state index in [0.717, 1.165) is 0 Å². The Morgan fingerprint density at radius 1 is 1.33 bits per heavy atom. The topological polar surface area (TPSA) is 40.5 Å². The minimum absolute atomic E-state index is 0.0263. The van der Waals surface area contributed by atoms with E-state index in [-0.39, 0.29) is 24.2 Å². The average Bonchev–Trinajstić information content (AvgIpc) is 2.34. The van der Waals surface area contributed by atoms with Crippen LogP contribution in [0, 0.1) is 5.82 Å². The van der Waals surface area contributed by atoms with E-state index in [0.29, 0.717) is 25.1 Å². The molecule has 1 rings (SSSR count). The number of Topliss-reactive ketones (excluding diaryl/α,β-unsaturated/α-hetero) is 1. The Morgan fingerprint density at radius 2 is 1.94 bits per heavy atom. The smallest absolute Gasteiger partial charge is 0.176 e. The first-order chi connectivity index (χ1) is 8.54. The first-order valence-electron chi connectivity index (χ1n) is 6.18. The third-order valence-corrected chi connectivity index (χ3v) is 2.85. The third-order valence-electron chi connectivity index (χ3n) is 2.85. The summed E-state index contributed by atoms with van der Waals surface area (Å²) in [6, 6.07) is 5.83. The number of ketones is 1. The van der Waals surface area contributed by atoms with E-state index in [1.165, 1.54) is 24.3 Å². The fourth-order valence-corrected chi connectivity index (χ4v) is 1.71. The Morgan fingerprint density at radius 3 is 2.44 bits per heavy atom. The summed E-state index contributed by atoms with van der Waals surface area (Å²) in [7, 11) is 0. The number of halogens is 1. The van der Waals surface area contributed by atoms with Crippen LogP contribution in [0.4, 0.5) is 4.39 Å². The summed E-state index contributed by atoms with van der Waals surface area (Å²) >= 11 is 0. The van der Waals surface area contributed by atoms with Crippen molar-refractivity contribution >= 4 is 5.78 Å². The van der Waals surface area contributed by atoms with Crippen LogP contribution >= 0.6 is 0 Å². The van der Waals surface area contributed by atoms with Crippen LogP contribution in [-0.2, 0) is 0 Å². The molecule has 0 aliphatic carbocycles. The third kappa shape index (κ3) is 4.55. The summed E-state index contributed by atoms with van der Waals surface area (Å²) in [6.07, 6.45) is 0.648. The van der Waals surface area contributed by atoms with Gasteiger partial charge < -0.3 is 5.11 Å². The van der Waals surface area contributed by atoms with Crippen molar-refractivity contribution in [2.24, 2.45) is 0 Å². The lowest BCUT2D eigenvalue weighted by Gasteiger charge is -2.25. The molecule has 0 bridgehead atoms. The molecular formula is C14H20FNO2. The van der Waals surface area contributed by atoms with Gasteiger partial charge in [0, 0.05) is 24.8 Å². The Hall–Kier alpha value is -1.26. The maximum Gasteiger partial charge on any atom is 0.176 e. The number of hydrogen-bond donors (Lipinski definition) is 1. The largest absolute Gasteiger partial charge is 0.396 e. The molecule has 0 saturated heterocycles. The zero-order chi connectivity index (χ0) is 13.5. The lowest BCUT2D eigenvalue weighted by atomic mass is 10.1. The molecule has 0 aromatic heterocycles. The van der Waals surface area contributed by atoms with Crippen LogP contribution in [0.25, 0.3) is 0 Å². The lowest BCUT2D eigenvalue weighted by molar-refractivity contribution is 0.0896. The Kier molecular flexibility index (Phi) is 5.95. The fraction of sp³-hybridized carbons (Fsp3) is 0.500. The highest BCUT2D eigenvalue weighted by Crippen LogP contribution is 2.07. The molecule has 1 N–H and O–H groups in total. The number of carbonyl (C=O) groups is 1. The molecule has 0 atom stereocenters. The number of rotatable bonds is 7. The normalized spacial score (nSPS) is 11.2. The summed E-state index contributed by atoms with van der Waals surface area (Å²) < 4.78 is 12.8. The number of aliphatic hydroxyl groups is 1. The Bertz CT molecular complexity index is 376. The van der Waals surface area contributed by atoms with Crippen molar-refractivity contribution < 1.29 is 14.3 Å². The SMILES string of the molecule is CC(C)N(CCCO)CC(=O)c1ccc(F)cc1. The lowest BCUT2D eigenvalue weighted by Crippen LogP contribution is -2.36. The summed E-state index contributed by atoms with van der Waals surface area (Å²) in [5.41, 5.74) is 0.519. The minimum Gasteiger partial charge on any atom is -0.396 e. The first-order valence-corrected chi connectivity index (χ1v) is 6.18. The fourth-order valence-electron chi connectivity index (χ4n) is 1.71. The number of aliphatic hydroxyl groups excluding tert-OH is 1. The first kappa shape index (κ1) is 14.8. The van der Waals surface area contributed by atoms with Crippen molar-refractivity contribution in [2.75, 3.05) is 19.7 Å². The van der Waals surface area contributed by atoms with Gasteiger partial charge in [-0.3, -0.25) is 9.69 Å². The van der Waals surface area contributed by atoms with Gasteiger partial charge in [0.2, 0.25) is 0 Å². The van der Waals surface area contributed by atoms with Gasteiger partial charge in [-0.25, -0.2) is 4.39 Å². The van der Waals surface area contributed by atoms with E-state index in [4.69, 9.17) is 5.11 Å². The van der Waals surface area contributed by atoms with Gasteiger partial charge in [0.25, 0.3) is 0 Å². The molecule has 1 aromatic rings. The number of benzene rings is 1. The standard InChI is InChI=1S/C14H20FNO2/c1-11(2)16(8-3-9-17)10-14(18)12-4-6-13(15)7-5-12/h4-7,11,17H,3,8-10H2,1-2H3. The molecule has 0 aliphatic heterocycles. The van der Waals surface area contributed by atoms with Gasteiger partial charge in [0.15, 0.2) is 5.78 Å². The molecule has 0 saturated carbocycles. The molecule has 0 spiro atoms. The Balaban J connectivity index is 2.63. The molecule has 18 heavy (non-hydrogen) atoms. The molecule has 0 fully saturated rings. The van der Waals surface area contributed by atoms with Gasteiger partial charge in [0.1, 0.15) is 5.82 Å². The van der Waals surface area contributed by atoms with Crippen molar-refractivity contribution in [3.63, 3.8) is 0 Å². The van der Waals surface area contributed by atoms with E-state index in [1.54, 1.807) is 0 Å². The van der Waals surface area contributed by atoms with Gasteiger partial charge >= 0.3 is 0 Å². The van der Waals surface area contributed by atoms with Crippen molar-refractivity contribution in [1.82, 2.24) is 4.90 Å². The molecular weight excluding hydrogens is 233 g/mol.